The quantitative estimate of drug-likeness (QED) is 0.576. The number of thioether (sulfide) groups is 2. The Kier molecular flexibility index (Phi) is 4.13. The van der Waals surface area contributed by atoms with Crippen molar-refractivity contribution in [3.05, 3.63) is 34.3 Å². The molecule has 0 radical (unpaired) electrons. The average molecular weight is 383 g/mol. The fourth-order valence-corrected chi connectivity index (χ4v) is 8.99. The summed E-state index contributed by atoms with van der Waals surface area (Å²) in [6.07, 6.45) is 10.2. The Bertz CT molecular complexity index is 483. The number of halogens is 1. The normalized spacial score (nSPS) is 34.8. The molecule has 5 rings (SSSR count). The second kappa shape index (κ2) is 5.79. The summed E-state index contributed by atoms with van der Waals surface area (Å²) in [5.74, 6) is 3.73. The van der Waals surface area contributed by atoms with Crippen molar-refractivity contribution in [3.8, 4) is 0 Å². The second-order valence-electron chi connectivity index (χ2n) is 6.94. The minimum Gasteiger partial charge on any atom is -0.139 e. The van der Waals surface area contributed by atoms with Crippen LogP contribution in [0.4, 0.5) is 0 Å². The molecular formula is C18H23BrS2. The first-order chi connectivity index (χ1) is 10.2. The lowest BCUT2D eigenvalue weighted by Gasteiger charge is -2.58. The van der Waals surface area contributed by atoms with E-state index in [1.165, 1.54) is 60.9 Å². The van der Waals surface area contributed by atoms with Gasteiger partial charge in [-0.2, -0.15) is 0 Å². The standard InChI is InChI=1S/C18H23BrS2/c19-16-4-2-15(3-5-16)18(20-12-1-13-21-18)17-9-6-14(7-10-17)8-11-17/h2-5,14H,1,6-13H2. The molecule has 0 nitrogen and oxygen atoms in total. The highest BCUT2D eigenvalue weighted by atomic mass is 79.9. The van der Waals surface area contributed by atoms with Crippen LogP contribution in [0.5, 0.6) is 0 Å². The molecule has 0 spiro atoms. The first kappa shape index (κ1) is 15.0. The van der Waals surface area contributed by atoms with Crippen molar-refractivity contribution in [3.63, 3.8) is 0 Å². The Morgan fingerprint density at radius 1 is 0.905 bits per heavy atom. The average Bonchev–Trinajstić information content (AvgIpc) is 2.58. The summed E-state index contributed by atoms with van der Waals surface area (Å²) in [4.78, 5) is 0. The van der Waals surface area contributed by atoms with Crippen molar-refractivity contribution in [2.24, 2.45) is 11.3 Å². The maximum atomic E-state index is 3.61. The van der Waals surface area contributed by atoms with Gasteiger partial charge in [0.15, 0.2) is 0 Å². The van der Waals surface area contributed by atoms with Crippen LogP contribution in [0, 0.1) is 11.3 Å². The van der Waals surface area contributed by atoms with Crippen molar-refractivity contribution < 1.29 is 0 Å². The van der Waals surface area contributed by atoms with Gasteiger partial charge in [0.1, 0.15) is 0 Å². The topological polar surface area (TPSA) is 0 Å². The van der Waals surface area contributed by atoms with Gasteiger partial charge in [-0.05, 0) is 85.5 Å². The van der Waals surface area contributed by atoms with Crippen LogP contribution >= 0.6 is 39.5 Å². The molecule has 4 fully saturated rings. The van der Waals surface area contributed by atoms with Crippen LogP contribution in [-0.2, 0) is 4.08 Å². The summed E-state index contributed by atoms with van der Waals surface area (Å²) in [6.45, 7) is 0. The van der Waals surface area contributed by atoms with Crippen molar-refractivity contribution in [1.29, 1.82) is 0 Å². The lowest BCUT2D eigenvalue weighted by Crippen LogP contribution is -2.48. The largest absolute Gasteiger partial charge is 0.139 e. The van der Waals surface area contributed by atoms with Crippen LogP contribution in [0.1, 0.15) is 50.5 Å². The predicted molar refractivity (Wildman–Crippen MR) is 99.0 cm³/mol. The molecule has 3 heteroatoms. The van der Waals surface area contributed by atoms with Gasteiger partial charge in [-0.25, -0.2) is 0 Å². The van der Waals surface area contributed by atoms with Gasteiger partial charge in [0.2, 0.25) is 0 Å². The number of rotatable bonds is 2. The van der Waals surface area contributed by atoms with E-state index in [9.17, 15) is 0 Å². The van der Waals surface area contributed by atoms with Crippen molar-refractivity contribution in [2.75, 3.05) is 11.5 Å². The highest BCUT2D eigenvalue weighted by Gasteiger charge is 2.56. The molecule has 1 heterocycles. The summed E-state index contributed by atoms with van der Waals surface area (Å²) < 4.78 is 1.54. The van der Waals surface area contributed by atoms with E-state index >= 15 is 0 Å². The van der Waals surface area contributed by atoms with E-state index in [4.69, 9.17) is 0 Å². The molecule has 2 bridgehead atoms. The summed E-state index contributed by atoms with van der Waals surface area (Å²) in [7, 11) is 0. The zero-order chi connectivity index (χ0) is 14.3. The smallest absolute Gasteiger partial charge is 0.0915 e. The Balaban J connectivity index is 1.78. The zero-order valence-corrected chi connectivity index (χ0v) is 15.7. The summed E-state index contributed by atoms with van der Waals surface area (Å²) in [6, 6.07) is 9.28. The number of hydrogen-bond acceptors (Lipinski definition) is 2. The lowest BCUT2D eigenvalue weighted by atomic mass is 9.58. The van der Waals surface area contributed by atoms with E-state index in [1.54, 1.807) is 5.56 Å². The molecule has 1 aromatic rings. The van der Waals surface area contributed by atoms with Crippen LogP contribution < -0.4 is 0 Å². The van der Waals surface area contributed by atoms with E-state index in [2.05, 4.69) is 63.7 Å². The molecule has 0 N–H and O–H groups in total. The van der Waals surface area contributed by atoms with Gasteiger partial charge in [-0.1, -0.05) is 28.1 Å². The SMILES string of the molecule is Brc1ccc(C2(C34CCC(CC3)CC4)SCCCS2)cc1. The first-order valence-electron chi connectivity index (χ1n) is 8.28. The van der Waals surface area contributed by atoms with Crippen LogP contribution in [0.15, 0.2) is 28.7 Å². The molecule has 3 aliphatic carbocycles. The van der Waals surface area contributed by atoms with Gasteiger partial charge in [-0.3, -0.25) is 0 Å². The van der Waals surface area contributed by atoms with Crippen LogP contribution in [0.3, 0.4) is 0 Å². The highest BCUT2D eigenvalue weighted by Crippen LogP contribution is 2.69. The number of fused-ring (bicyclic) bond motifs is 3. The number of benzene rings is 1. The molecule has 3 saturated carbocycles. The molecule has 0 atom stereocenters. The van der Waals surface area contributed by atoms with Gasteiger partial charge in [0.25, 0.3) is 0 Å². The van der Waals surface area contributed by atoms with Crippen LogP contribution in [0.25, 0.3) is 0 Å². The van der Waals surface area contributed by atoms with E-state index < -0.39 is 0 Å². The summed E-state index contributed by atoms with van der Waals surface area (Å²) in [5, 5.41) is 0. The molecule has 4 aliphatic rings. The molecule has 0 amide bonds. The third kappa shape index (κ3) is 2.42. The molecule has 114 valence electrons. The fourth-order valence-electron chi connectivity index (χ4n) is 4.72. The Morgan fingerprint density at radius 2 is 1.48 bits per heavy atom. The maximum Gasteiger partial charge on any atom is 0.0915 e. The van der Waals surface area contributed by atoms with E-state index in [1.807, 2.05) is 0 Å². The Labute approximate surface area is 145 Å². The highest BCUT2D eigenvalue weighted by molar-refractivity contribution is 9.10. The number of hydrogen-bond donors (Lipinski definition) is 0. The van der Waals surface area contributed by atoms with E-state index in [0.717, 1.165) is 5.92 Å². The van der Waals surface area contributed by atoms with Crippen LogP contribution in [-0.4, -0.2) is 11.5 Å². The molecular weight excluding hydrogens is 360 g/mol. The van der Waals surface area contributed by atoms with Gasteiger partial charge in [-0.15, -0.1) is 23.5 Å². The van der Waals surface area contributed by atoms with E-state index in [-0.39, 0.29) is 0 Å². The summed E-state index contributed by atoms with van der Waals surface area (Å²) >= 11 is 8.15. The van der Waals surface area contributed by atoms with Crippen LogP contribution in [0.2, 0.25) is 0 Å². The maximum absolute atomic E-state index is 3.61. The molecule has 0 unspecified atom stereocenters. The predicted octanol–water partition coefficient (Wildman–Crippen LogP) is 6.44. The third-order valence-corrected chi connectivity index (χ3v) is 10.3. The summed E-state index contributed by atoms with van der Waals surface area (Å²) in [5.41, 5.74) is 2.14. The minimum absolute atomic E-state index is 0.331. The van der Waals surface area contributed by atoms with Crippen molar-refractivity contribution in [2.45, 2.75) is 49.0 Å². The molecule has 21 heavy (non-hydrogen) atoms. The van der Waals surface area contributed by atoms with E-state index in [0.29, 0.717) is 9.49 Å². The fraction of sp³-hybridized carbons (Fsp3) is 0.667. The molecule has 1 saturated heterocycles. The Morgan fingerprint density at radius 3 is 2.05 bits per heavy atom. The minimum atomic E-state index is 0.331. The zero-order valence-electron chi connectivity index (χ0n) is 12.4. The van der Waals surface area contributed by atoms with Crippen molar-refractivity contribution in [1.82, 2.24) is 0 Å². The second-order valence-corrected chi connectivity index (χ2v) is 10.7. The molecule has 0 aromatic heterocycles. The first-order valence-corrected chi connectivity index (χ1v) is 11.0. The van der Waals surface area contributed by atoms with Gasteiger partial charge in [0, 0.05) is 4.47 Å². The van der Waals surface area contributed by atoms with Gasteiger partial charge >= 0.3 is 0 Å². The molecule has 1 aromatic carbocycles. The van der Waals surface area contributed by atoms with Gasteiger partial charge < -0.3 is 0 Å². The lowest BCUT2D eigenvalue weighted by molar-refractivity contribution is 0.0522. The Hall–Kier alpha value is 0.400. The van der Waals surface area contributed by atoms with Gasteiger partial charge in [0.05, 0.1) is 4.08 Å². The monoisotopic (exact) mass is 382 g/mol. The molecule has 1 aliphatic heterocycles. The third-order valence-electron chi connectivity index (χ3n) is 5.92. The van der Waals surface area contributed by atoms with Crippen molar-refractivity contribution >= 4 is 39.5 Å².